The number of nitrogens with one attached hydrogen (secondary N) is 1. The smallest absolute Gasteiger partial charge is 0.360 e. The van der Waals surface area contributed by atoms with Crippen LogP contribution in [0.4, 0.5) is 5.82 Å². The number of aromatic nitrogens is 2. The van der Waals surface area contributed by atoms with Gasteiger partial charge in [0.25, 0.3) is 5.91 Å². The normalized spacial score (nSPS) is 10.6. The van der Waals surface area contributed by atoms with E-state index in [-0.39, 0.29) is 24.0 Å². The SMILES string of the molecule is CCOC(=O)c1nc2ccccn2c1NC(=O)c1ccc(OCc2ccccc2)cc1. The van der Waals surface area contributed by atoms with Crippen molar-refractivity contribution in [3.63, 3.8) is 0 Å². The number of esters is 1. The molecule has 0 aliphatic heterocycles. The number of benzene rings is 2. The van der Waals surface area contributed by atoms with Crippen LogP contribution in [0.5, 0.6) is 5.75 Å². The third kappa shape index (κ3) is 4.56. The summed E-state index contributed by atoms with van der Waals surface area (Å²) in [6.07, 6.45) is 1.72. The van der Waals surface area contributed by atoms with Crippen molar-refractivity contribution in [3.05, 3.63) is 95.8 Å². The molecule has 4 aromatic rings. The van der Waals surface area contributed by atoms with Crippen molar-refractivity contribution in [1.82, 2.24) is 9.38 Å². The molecule has 1 N–H and O–H groups in total. The third-order valence-corrected chi connectivity index (χ3v) is 4.60. The van der Waals surface area contributed by atoms with Crippen molar-refractivity contribution in [1.29, 1.82) is 0 Å². The predicted molar refractivity (Wildman–Crippen MR) is 116 cm³/mol. The van der Waals surface area contributed by atoms with E-state index in [1.807, 2.05) is 30.3 Å². The molecule has 0 unspecified atom stereocenters. The van der Waals surface area contributed by atoms with E-state index in [0.29, 0.717) is 23.6 Å². The largest absolute Gasteiger partial charge is 0.489 e. The minimum absolute atomic E-state index is 0.0595. The van der Waals surface area contributed by atoms with Crippen molar-refractivity contribution in [2.75, 3.05) is 11.9 Å². The number of hydrogen-bond acceptors (Lipinski definition) is 5. The number of anilines is 1. The molecule has 7 nitrogen and oxygen atoms in total. The quantitative estimate of drug-likeness (QED) is 0.454. The van der Waals surface area contributed by atoms with Gasteiger partial charge in [0.1, 0.15) is 18.0 Å². The summed E-state index contributed by atoms with van der Waals surface area (Å²) in [5, 5.41) is 2.79. The lowest BCUT2D eigenvalue weighted by atomic mass is 10.2. The van der Waals surface area contributed by atoms with E-state index < -0.39 is 5.97 Å². The molecule has 0 atom stereocenters. The maximum atomic E-state index is 12.8. The Hall–Kier alpha value is -4.13. The number of ether oxygens (including phenoxy) is 2. The number of imidazole rings is 1. The molecule has 1 amide bonds. The molecule has 0 spiro atoms. The van der Waals surface area contributed by atoms with E-state index in [1.54, 1.807) is 60.0 Å². The Labute approximate surface area is 179 Å². The second-order valence-electron chi connectivity index (χ2n) is 6.71. The fraction of sp³-hybridized carbons (Fsp3) is 0.125. The predicted octanol–water partition coefficient (Wildman–Crippen LogP) is 4.34. The summed E-state index contributed by atoms with van der Waals surface area (Å²) < 4.78 is 12.5. The first kappa shape index (κ1) is 20.2. The second-order valence-corrected chi connectivity index (χ2v) is 6.71. The zero-order chi connectivity index (χ0) is 21.6. The zero-order valence-electron chi connectivity index (χ0n) is 16.9. The van der Waals surface area contributed by atoms with E-state index in [0.717, 1.165) is 5.56 Å². The van der Waals surface area contributed by atoms with E-state index in [2.05, 4.69) is 10.3 Å². The Balaban J connectivity index is 1.51. The Morgan fingerprint density at radius 1 is 0.968 bits per heavy atom. The molecule has 4 rings (SSSR count). The molecular weight excluding hydrogens is 394 g/mol. The van der Waals surface area contributed by atoms with Gasteiger partial charge in [-0.2, -0.15) is 0 Å². The summed E-state index contributed by atoms with van der Waals surface area (Å²) in [4.78, 5) is 29.5. The van der Waals surface area contributed by atoms with Gasteiger partial charge in [0.15, 0.2) is 11.5 Å². The maximum Gasteiger partial charge on any atom is 0.360 e. The lowest BCUT2D eigenvalue weighted by molar-refractivity contribution is 0.0521. The van der Waals surface area contributed by atoms with Crippen LogP contribution in [-0.4, -0.2) is 27.9 Å². The third-order valence-electron chi connectivity index (χ3n) is 4.60. The molecule has 7 heteroatoms. The number of carbonyl (C=O) groups excluding carboxylic acids is 2. The van der Waals surface area contributed by atoms with Gasteiger partial charge >= 0.3 is 5.97 Å². The highest BCUT2D eigenvalue weighted by molar-refractivity contribution is 6.07. The molecule has 0 saturated heterocycles. The molecule has 2 aromatic heterocycles. The summed E-state index contributed by atoms with van der Waals surface area (Å²) >= 11 is 0. The van der Waals surface area contributed by atoms with Gasteiger partial charge in [-0.05, 0) is 48.9 Å². The van der Waals surface area contributed by atoms with Crippen LogP contribution in [-0.2, 0) is 11.3 Å². The number of rotatable bonds is 7. The summed E-state index contributed by atoms with van der Waals surface area (Å²) in [7, 11) is 0. The Bertz CT molecular complexity index is 1200. The van der Waals surface area contributed by atoms with Gasteiger partial charge < -0.3 is 14.8 Å². The van der Waals surface area contributed by atoms with Crippen LogP contribution in [0.15, 0.2) is 79.0 Å². The maximum absolute atomic E-state index is 12.8. The lowest BCUT2D eigenvalue weighted by Gasteiger charge is -2.09. The van der Waals surface area contributed by atoms with Crippen molar-refractivity contribution in [3.8, 4) is 5.75 Å². The molecule has 0 radical (unpaired) electrons. The van der Waals surface area contributed by atoms with Gasteiger partial charge in [0.2, 0.25) is 0 Å². The van der Waals surface area contributed by atoms with Crippen molar-refractivity contribution < 1.29 is 19.1 Å². The van der Waals surface area contributed by atoms with Crippen LogP contribution in [0.25, 0.3) is 5.65 Å². The summed E-state index contributed by atoms with van der Waals surface area (Å²) in [5.41, 5.74) is 2.07. The topological polar surface area (TPSA) is 81.9 Å². The average molecular weight is 415 g/mol. The number of fused-ring (bicyclic) bond motifs is 1. The number of carbonyl (C=O) groups is 2. The molecule has 2 aromatic carbocycles. The molecule has 31 heavy (non-hydrogen) atoms. The monoisotopic (exact) mass is 415 g/mol. The Kier molecular flexibility index (Phi) is 5.93. The van der Waals surface area contributed by atoms with E-state index >= 15 is 0 Å². The number of nitrogens with zero attached hydrogens (tertiary/aromatic N) is 2. The first-order valence-electron chi connectivity index (χ1n) is 9.88. The summed E-state index contributed by atoms with van der Waals surface area (Å²) in [6, 6.07) is 22.0. The highest BCUT2D eigenvalue weighted by Gasteiger charge is 2.22. The number of amides is 1. The standard InChI is InChI=1S/C24H21N3O4/c1-2-30-24(29)21-22(27-15-7-6-10-20(27)25-21)26-23(28)18-11-13-19(14-12-18)31-16-17-8-4-3-5-9-17/h3-15H,2,16H2,1H3,(H,26,28). The van der Waals surface area contributed by atoms with Crippen LogP contribution >= 0.6 is 0 Å². The van der Waals surface area contributed by atoms with Crippen molar-refractivity contribution in [2.24, 2.45) is 0 Å². The van der Waals surface area contributed by atoms with Crippen LogP contribution in [0.2, 0.25) is 0 Å². The zero-order valence-corrected chi connectivity index (χ0v) is 16.9. The molecule has 0 saturated carbocycles. The van der Waals surface area contributed by atoms with Gasteiger partial charge in [0, 0.05) is 11.8 Å². The molecule has 0 aliphatic carbocycles. The highest BCUT2D eigenvalue weighted by Crippen LogP contribution is 2.21. The average Bonchev–Trinajstić information content (AvgIpc) is 3.17. The Morgan fingerprint density at radius 2 is 1.71 bits per heavy atom. The minimum atomic E-state index is -0.592. The fourth-order valence-electron chi connectivity index (χ4n) is 3.08. The van der Waals surface area contributed by atoms with E-state index in [4.69, 9.17) is 9.47 Å². The van der Waals surface area contributed by atoms with Crippen molar-refractivity contribution in [2.45, 2.75) is 13.5 Å². The highest BCUT2D eigenvalue weighted by atomic mass is 16.5. The first-order chi connectivity index (χ1) is 15.2. The number of pyridine rings is 1. The van der Waals surface area contributed by atoms with Gasteiger partial charge in [-0.25, -0.2) is 9.78 Å². The van der Waals surface area contributed by atoms with E-state index in [9.17, 15) is 9.59 Å². The lowest BCUT2D eigenvalue weighted by Crippen LogP contribution is -2.17. The van der Waals surface area contributed by atoms with Gasteiger partial charge in [-0.1, -0.05) is 36.4 Å². The number of hydrogen-bond donors (Lipinski definition) is 1. The molecule has 0 bridgehead atoms. The molecule has 0 aliphatic rings. The second kappa shape index (κ2) is 9.13. The van der Waals surface area contributed by atoms with E-state index in [1.165, 1.54) is 0 Å². The molecule has 0 fully saturated rings. The molecule has 2 heterocycles. The first-order valence-corrected chi connectivity index (χ1v) is 9.88. The van der Waals surface area contributed by atoms with Gasteiger partial charge in [-0.15, -0.1) is 0 Å². The van der Waals surface area contributed by atoms with Crippen LogP contribution < -0.4 is 10.1 Å². The fourth-order valence-corrected chi connectivity index (χ4v) is 3.08. The van der Waals surface area contributed by atoms with Gasteiger partial charge in [-0.3, -0.25) is 9.20 Å². The molecule has 156 valence electrons. The van der Waals surface area contributed by atoms with Crippen molar-refractivity contribution >= 4 is 23.3 Å². The minimum Gasteiger partial charge on any atom is -0.489 e. The summed E-state index contributed by atoms with van der Waals surface area (Å²) in [5.74, 6) is -0.0390. The van der Waals surface area contributed by atoms with Crippen LogP contribution in [0.1, 0.15) is 33.3 Å². The van der Waals surface area contributed by atoms with Crippen LogP contribution in [0, 0.1) is 0 Å². The Morgan fingerprint density at radius 3 is 2.45 bits per heavy atom. The summed E-state index contributed by atoms with van der Waals surface area (Å²) in [6.45, 7) is 2.37. The van der Waals surface area contributed by atoms with Gasteiger partial charge in [0.05, 0.1) is 6.61 Å². The van der Waals surface area contributed by atoms with Crippen LogP contribution in [0.3, 0.4) is 0 Å². The molecular formula is C24H21N3O4.